The van der Waals surface area contributed by atoms with Crippen LogP contribution in [0.2, 0.25) is 0 Å². The summed E-state index contributed by atoms with van der Waals surface area (Å²) < 4.78 is 41.2. The van der Waals surface area contributed by atoms with Gasteiger partial charge in [0.05, 0.1) is 10.6 Å². The van der Waals surface area contributed by atoms with Crippen LogP contribution >= 0.6 is 0 Å². The van der Waals surface area contributed by atoms with Crippen LogP contribution in [0.25, 0.3) is 22.4 Å². The van der Waals surface area contributed by atoms with E-state index in [4.69, 9.17) is 0 Å². The van der Waals surface area contributed by atoms with E-state index in [0.29, 0.717) is 5.69 Å². The zero-order valence-corrected chi connectivity index (χ0v) is 16.7. The van der Waals surface area contributed by atoms with Crippen LogP contribution in [-0.4, -0.2) is 18.4 Å². The molecule has 2 aromatic carbocycles. The molecule has 1 N–H and O–H groups in total. The minimum absolute atomic E-state index is 0.0973. The minimum Gasteiger partial charge on any atom is -0.264 e. The van der Waals surface area contributed by atoms with Gasteiger partial charge < -0.3 is 0 Å². The first-order chi connectivity index (χ1) is 14.5. The predicted molar refractivity (Wildman–Crippen MR) is 113 cm³/mol. The Morgan fingerprint density at radius 3 is 2.13 bits per heavy atom. The second-order valence-electron chi connectivity index (χ2n) is 6.61. The Morgan fingerprint density at radius 1 is 0.800 bits per heavy atom. The molecule has 2 aromatic heterocycles. The fourth-order valence-corrected chi connectivity index (χ4v) is 4.08. The number of sulfonamides is 1. The van der Waals surface area contributed by atoms with Crippen LogP contribution in [0, 0.1) is 5.82 Å². The molecule has 4 aromatic rings. The monoisotopic (exact) mass is 419 g/mol. The van der Waals surface area contributed by atoms with Gasteiger partial charge in [-0.15, -0.1) is 0 Å². The van der Waals surface area contributed by atoms with Crippen molar-refractivity contribution in [3.63, 3.8) is 0 Å². The smallest absolute Gasteiger partial charge is 0.240 e. The molecule has 7 heteroatoms. The SMILES string of the molecule is O=S(=O)(NCc1cccnc1-c1cccnc1)c1ccc(-c2ccc(F)cc2)cc1. The van der Waals surface area contributed by atoms with Crippen LogP contribution in [-0.2, 0) is 16.6 Å². The molecular formula is C23H18FN3O2S. The van der Waals surface area contributed by atoms with Gasteiger partial charge in [-0.25, -0.2) is 17.5 Å². The van der Waals surface area contributed by atoms with Crippen LogP contribution in [0.15, 0.2) is 96.3 Å². The lowest BCUT2D eigenvalue weighted by Crippen LogP contribution is -2.23. The van der Waals surface area contributed by atoms with Crippen LogP contribution in [0.3, 0.4) is 0 Å². The molecule has 0 saturated carbocycles. The van der Waals surface area contributed by atoms with Gasteiger partial charge in [0.2, 0.25) is 10.0 Å². The number of pyridine rings is 2. The van der Waals surface area contributed by atoms with Gasteiger partial charge in [0.1, 0.15) is 5.82 Å². The highest BCUT2D eigenvalue weighted by atomic mass is 32.2. The molecule has 5 nitrogen and oxygen atoms in total. The molecule has 0 radical (unpaired) electrons. The third-order valence-electron chi connectivity index (χ3n) is 4.62. The third-order valence-corrected chi connectivity index (χ3v) is 6.04. The Labute approximate surface area is 174 Å². The number of rotatable bonds is 6. The maximum atomic E-state index is 13.1. The number of nitrogens with one attached hydrogen (secondary N) is 1. The molecule has 30 heavy (non-hydrogen) atoms. The summed E-state index contributed by atoms with van der Waals surface area (Å²) in [4.78, 5) is 8.62. The van der Waals surface area contributed by atoms with E-state index >= 15 is 0 Å². The summed E-state index contributed by atoms with van der Waals surface area (Å²) in [6, 6.07) is 19.8. The quantitative estimate of drug-likeness (QED) is 0.502. The molecular weight excluding hydrogens is 401 g/mol. The van der Waals surface area contributed by atoms with Crippen molar-refractivity contribution in [1.29, 1.82) is 0 Å². The predicted octanol–water partition coefficient (Wildman–Crippen LogP) is 4.43. The van der Waals surface area contributed by atoms with Crippen molar-refractivity contribution < 1.29 is 12.8 Å². The zero-order valence-electron chi connectivity index (χ0n) is 15.9. The topological polar surface area (TPSA) is 72.0 Å². The van der Waals surface area contributed by atoms with Crippen molar-refractivity contribution >= 4 is 10.0 Å². The molecule has 0 saturated heterocycles. The maximum absolute atomic E-state index is 13.1. The lowest BCUT2D eigenvalue weighted by molar-refractivity contribution is 0.581. The largest absolute Gasteiger partial charge is 0.264 e. The summed E-state index contributed by atoms with van der Waals surface area (Å²) in [5.74, 6) is -0.316. The van der Waals surface area contributed by atoms with Gasteiger partial charge in [0.25, 0.3) is 0 Å². The lowest BCUT2D eigenvalue weighted by Gasteiger charge is -2.11. The molecule has 0 spiro atoms. The second-order valence-corrected chi connectivity index (χ2v) is 8.38. The molecule has 150 valence electrons. The van der Waals surface area contributed by atoms with E-state index < -0.39 is 10.0 Å². The highest BCUT2D eigenvalue weighted by molar-refractivity contribution is 7.89. The average molecular weight is 419 g/mol. The van der Waals surface area contributed by atoms with Crippen LogP contribution in [0.5, 0.6) is 0 Å². The fraction of sp³-hybridized carbons (Fsp3) is 0.0435. The Kier molecular flexibility index (Phi) is 5.65. The first kappa shape index (κ1) is 19.9. The molecule has 0 aliphatic carbocycles. The van der Waals surface area contributed by atoms with E-state index in [2.05, 4.69) is 14.7 Å². The molecule has 0 fully saturated rings. The van der Waals surface area contributed by atoms with Crippen LogP contribution in [0.1, 0.15) is 5.56 Å². The highest BCUT2D eigenvalue weighted by Gasteiger charge is 2.15. The van der Waals surface area contributed by atoms with E-state index in [1.54, 1.807) is 55.0 Å². The molecule has 0 unspecified atom stereocenters. The van der Waals surface area contributed by atoms with E-state index in [1.807, 2.05) is 12.1 Å². The van der Waals surface area contributed by atoms with Gasteiger partial charge in [-0.05, 0) is 59.2 Å². The van der Waals surface area contributed by atoms with Crippen molar-refractivity contribution in [2.24, 2.45) is 0 Å². The third kappa shape index (κ3) is 4.42. The first-order valence-electron chi connectivity index (χ1n) is 9.23. The standard InChI is InChI=1S/C23H18FN3O2S/c24-21-9-5-17(6-10-21)18-7-11-22(12-8-18)30(28,29)27-16-20-4-2-14-26-23(20)19-3-1-13-25-15-19/h1-15,27H,16H2. The van der Waals surface area contributed by atoms with Gasteiger partial charge in [0.15, 0.2) is 0 Å². The number of hydrogen-bond donors (Lipinski definition) is 1. The summed E-state index contributed by atoms with van der Waals surface area (Å²) in [5.41, 5.74) is 3.86. The Balaban J connectivity index is 1.52. The summed E-state index contributed by atoms with van der Waals surface area (Å²) in [6.45, 7) is 0.0973. The zero-order chi connectivity index (χ0) is 21.0. The molecule has 0 aliphatic rings. The van der Waals surface area contributed by atoms with Gasteiger partial charge in [-0.1, -0.05) is 30.3 Å². The van der Waals surface area contributed by atoms with Crippen molar-refractivity contribution in [2.75, 3.05) is 0 Å². The van der Waals surface area contributed by atoms with Crippen LogP contribution in [0.4, 0.5) is 4.39 Å². The van der Waals surface area contributed by atoms with E-state index in [9.17, 15) is 12.8 Å². The highest BCUT2D eigenvalue weighted by Crippen LogP contribution is 2.23. The summed E-state index contributed by atoms with van der Waals surface area (Å²) >= 11 is 0. The minimum atomic E-state index is -3.72. The number of aromatic nitrogens is 2. The van der Waals surface area contributed by atoms with Gasteiger partial charge in [-0.2, -0.15) is 0 Å². The maximum Gasteiger partial charge on any atom is 0.240 e. The van der Waals surface area contributed by atoms with E-state index in [0.717, 1.165) is 22.3 Å². The Hall–Kier alpha value is -3.42. The summed E-state index contributed by atoms with van der Waals surface area (Å²) in [5, 5.41) is 0. The van der Waals surface area contributed by atoms with Gasteiger partial charge in [0, 0.05) is 30.7 Å². The number of nitrogens with zero attached hydrogens (tertiary/aromatic N) is 2. The summed E-state index contributed by atoms with van der Waals surface area (Å²) in [7, 11) is -3.72. The Bertz CT molecular complexity index is 1240. The second kappa shape index (κ2) is 8.52. The summed E-state index contributed by atoms with van der Waals surface area (Å²) in [6.07, 6.45) is 5.02. The lowest BCUT2D eigenvalue weighted by atomic mass is 10.1. The van der Waals surface area contributed by atoms with Crippen molar-refractivity contribution in [2.45, 2.75) is 11.4 Å². The number of benzene rings is 2. The molecule has 0 bridgehead atoms. The average Bonchev–Trinajstić information content (AvgIpc) is 2.79. The van der Waals surface area contributed by atoms with E-state index in [1.165, 1.54) is 24.3 Å². The Morgan fingerprint density at radius 2 is 1.47 bits per heavy atom. The molecule has 4 rings (SSSR count). The normalized spacial score (nSPS) is 11.4. The fourth-order valence-electron chi connectivity index (χ4n) is 3.07. The van der Waals surface area contributed by atoms with Crippen LogP contribution < -0.4 is 4.72 Å². The van der Waals surface area contributed by atoms with Crippen molar-refractivity contribution in [1.82, 2.24) is 14.7 Å². The number of hydrogen-bond acceptors (Lipinski definition) is 4. The van der Waals surface area contributed by atoms with Crippen molar-refractivity contribution in [3.8, 4) is 22.4 Å². The first-order valence-corrected chi connectivity index (χ1v) is 10.7. The van der Waals surface area contributed by atoms with Gasteiger partial charge in [-0.3, -0.25) is 9.97 Å². The number of halogens is 1. The molecule has 0 atom stereocenters. The van der Waals surface area contributed by atoms with Crippen molar-refractivity contribution in [3.05, 3.63) is 103 Å². The van der Waals surface area contributed by atoms with Gasteiger partial charge >= 0.3 is 0 Å². The van der Waals surface area contributed by atoms with E-state index in [-0.39, 0.29) is 17.3 Å². The molecule has 0 aliphatic heterocycles. The molecule has 0 amide bonds. The molecule has 2 heterocycles.